The Morgan fingerprint density at radius 3 is 2.86 bits per heavy atom. The quantitative estimate of drug-likeness (QED) is 0.696. The van der Waals surface area contributed by atoms with Gasteiger partial charge < -0.3 is 5.73 Å². The van der Waals surface area contributed by atoms with Gasteiger partial charge in [-0.15, -0.1) is 0 Å². The van der Waals surface area contributed by atoms with E-state index in [-0.39, 0.29) is 16.8 Å². The maximum Gasteiger partial charge on any atom is 0.218 e. The topological polar surface area (TPSA) is 72.2 Å². The summed E-state index contributed by atoms with van der Waals surface area (Å²) in [5, 5.41) is 0. The van der Waals surface area contributed by atoms with Gasteiger partial charge in [-0.05, 0) is 18.6 Å². The predicted octanol–water partition coefficient (Wildman–Crippen LogP) is 0.0875. The number of thioether (sulfide) groups is 1. The molecule has 0 bridgehead atoms. The van der Waals surface area contributed by atoms with Crippen LogP contribution >= 0.6 is 24.0 Å². The lowest BCUT2D eigenvalue weighted by molar-refractivity contribution is 0.546. The Bertz CT molecular complexity index is 296. The van der Waals surface area contributed by atoms with Gasteiger partial charge in [0, 0.05) is 11.8 Å². The van der Waals surface area contributed by atoms with Crippen LogP contribution in [0.3, 0.4) is 0 Å². The molecule has 3 N–H and O–H groups in total. The maximum absolute atomic E-state index is 11.4. The molecule has 0 aromatic heterocycles. The van der Waals surface area contributed by atoms with Crippen LogP contribution in [0.4, 0.5) is 0 Å². The van der Waals surface area contributed by atoms with Crippen molar-refractivity contribution in [1.29, 1.82) is 0 Å². The van der Waals surface area contributed by atoms with Gasteiger partial charge in [0.05, 0.1) is 4.99 Å². The molecule has 14 heavy (non-hydrogen) atoms. The second-order valence-corrected chi connectivity index (χ2v) is 6.69. The molecule has 1 saturated heterocycles. The highest BCUT2D eigenvalue weighted by Crippen LogP contribution is 2.17. The summed E-state index contributed by atoms with van der Waals surface area (Å²) in [5.74, 6) is 1.72. The van der Waals surface area contributed by atoms with Crippen molar-refractivity contribution in [1.82, 2.24) is 4.72 Å². The molecule has 1 unspecified atom stereocenters. The van der Waals surface area contributed by atoms with Gasteiger partial charge in [0.25, 0.3) is 0 Å². The molecule has 1 atom stereocenters. The van der Waals surface area contributed by atoms with Crippen molar-refractivity contribution in [2.45, 2.75) is 18.9 Å². The third kappa shape index (κ3) is 4.59. The van der Waals surface area contributed by atoms with Gasteiger partial charge in [-0.3, -0.25) is 0 Å². The molecule has 0 aromatic rings. The molecule has 1 heterocycles. The Labute approximate surface area is 94.1 Å². The highest BCUT2D eigenvalue weighted by Gasteiger charge is 2.20. The van der Waals surface area contributed by atoms with Crippen molar-refractivity contribution in [2.75, 3.05) is 17.3 Å². The van der Waals surface area contributed by atoms with Gasteiger partial charge >= 0.3 is 0 Å². The van der Waals surface area contributed by atoms with Crippen LogP contribution in [-0.2, 0) is 10.0 Å². The summed E-state index contributed by atoms with van der Waals surface area (Å²) in [6.45, 7) is 0. The summed E-state index contributed by atoms with van der Waals surface area (Å²) in [6.07, 6.45) is 1.97. The van der Waals surface area contributed by atoms with Crippen molar-refractivity contribution >= 4 is 39.0 Å². The smallest absolute Gasteiger partial charge is 0.218 e. The number of nitrogens with one attached hydrogen (secondary N) is 1. The zero-order valence-corrected chi connectivity index (χ0v) is 10.2. The fourth-order valence-electron chi connectivity index (χ4n) is 1.32. The van der Waals surface area contributed by atoms with E-state index in [4.69, 9.17) is 5.73 Å². The van der Waals surface area contributed by atoms with Gasteiger partial charge in [0.1, 0.15) is 5.75 Å². The summed E-state index contributed by atoms with van der Waals surface area (Å²) in [4.78, 5) is 0.0148. The molecule has 1 fully saturated rings. The molecule has 82 valence electrons. The zero-order valence-electron chi connectivity index (χ0n) is 7.73. The molecule has 1 aliphatic heterocycles. The minimum Gasteiger partial charge on any atom is -0.392 e. The Kier molecular flexibility index (Phi) is 4.62. The van der Waals surface area contributed by atoms with Crippen LogP contribution in [0.2, 0.25) is 0 Å². The van der Waals surface area contributed by atoms with Crippen molar-refractivity contribution < 1.29 is 8.42 Å². The summed E-state index contributed by atoms with van der Waals surface area (Å²) in [7, 11) is -3.31. The lowest BCUT2D eigenvalue weighted by Gasteiger charge is -2.22. The van der Waals surface area contributed by atoms with Crippen molar-refractivity contribution in [3.05, 3.63) is 0 Å². The lowest BCUT2D eigenvalue weighted by atomic mass is 10.2. The highest BCUT2D eigenvalue weighted by molar-refractivity contribution is 7.99. The largest absolute Gasteiger partial charge is 0.392 e. The molecule has 0 saturated carbocycles. The van der Waals surface area contributed by atoms with E-state index in [1.165, 1.54) is 0 Å². The number of thiocarbonyl (C=S) groups is 1. The van der Waals surface area contributed by atoms with Crippen molar-refractivity contribution in [3.63, 3.8) is 0 Å². The third-order valence-corrected chi connectivity index (χ3v) is 4.76. The molecule has 7 heteroatoms. The first-order chi connectivity index (χ1) is 6.49. The molecule has 0 amide bonds. The molecular weight excluding hydrogens is 240 g/mol. The summed E-state index contributed by atoms with van der Waals surface area (Å²) in [5.41, 5.74) is 5.19. The molecular formula is C7H14N2O2S3. The van der Waals surface area contributed by atoms with Crippen LogP contribution in [-0.4, -0.2) is 36.7 Å². The molecule has 0 aliphatic carbocycles. The van der Waals surface area contributed by atoms with Crippen LogP contribution in [0.25, 0.3) is 0 Å². The van der Waals surface area contributed by atoms with E-state index in [1.54, 1.807) is 11.8 Å². The average molecular weight is 254 g/mol. The number of nitrogens with two attached hydrogens (primary N) is 1. The molecule has 1 rings (SSSR count). The first kappa shape index (κ1) is 12.2. The SMILES string of the molecule is NC(=S)CS(=O)(=O)NC1CCCSC1. The fourth-order valence-corrected chi connectivity index (χ4v) is 4.13. The average Bonchev–Trinajstić information content (AvgIpc) is 2.02. The van der Waals surface area contributed by atoms with E-state index in [1.807, 2.05) is 0 Å². The van der Waals surface area contributed by atoms with Crippen LogP contribution < -0.4 is 10.5 Å². The summed E-state index contributed by atoms with van der Waals surface area (Å²) in [6, 6.07) is 0.0492. The number of sulfonamides is 1. The van der Waals surface area contributed by atoms with E-state index in [2.05, 4.69) is 16.9 Å². The van der Waals surface area contributed by atoms with Crippen molar-refractivity contribution in [3.8, 4) is 0 Å². The summed E-state index contributed by atoms with van der Waals surface area (Å²) >= 11 is 6.34. The monoisotopic (exact) mass is 254 g/mol. The van der Waals surface area contributed by atoms with Crippen LogP contribution in [0.15, 0.2) is 0 Å². The van der Waals surface area contributed by atoms with E-state index >= 15 is 0 Å². The second kappa shape index (κ2) is 5.29. The first-order valence-electron chi connectivity index (χ1n) is 4.36. The Hall–Kier alpha value is 0.150. The molecule has 0 aromatic carbocycles. The lowest BCUT2D eigenvalue weighted by Crippen LogP contribution is -2.41. The Balaban J connectivity index is 2.45. The first-order valence-corrected chi connectivity index (χ1v) is 7.57. The van der Waals surface area contributed by atoms with Gasteiger partial charge in [-0.1, -0.05) is 12.2 Å². The standard InChI is InChI=1S/C7H14N2O2S3/c8-7(12)5-14(10,11)9-6-2-1-3-13-4-6/h6,9H,1-5H2,(H2,8,12). The molecule has 0 radical (unpaired) electrons. The van der Waals surface area contributed by atoms with Gasteiger partial charge in [0.2, 0.25) is 10.0 Å². The number of hydrogen-bond donors (Lipinski definition) is 2. The Morgan fingerprint density at radius 1 is 1.64 bits per heavy atom. The highest BCUT2D eigenvalue weighted by atomic mass is 32.2. The van der Waals surface area contributed by atoms with E-state index in [0.717, 1.165) is 24.3 Å². The minimum absolute atomic E-state index is 0.0148. The normalized spacial score (nSPS) is 23.3. The number of rotatable bonds is 4. The summed E-state index contributed by atoms with van der Waals surface area (Å²) < 4.78 is 25.5. The zero-order chi connectivity index (χ0) is 10.6. The Morgan fingerprint density at radius 2 is 2.36 bits per heavy atom. The van der Waals surface area contributed by atoms with Gasteiger partial charge in [-0.2, -0.15) is 11.8 Å². The van der Waals surface area contributed by atoms with E-state index in [0.29, 0.717) is 0 Å². The number of hydrogen-bond acceptors (Lipinski definition) is 4. The van der Waals surface area contributed by atoms with Gasteiger partial charge in [0.15, 0.2) is 0 Å². The third-order valence-electron chi connectivity index (χ3n) is 1.84. The van der Waals surface area contributed by atoms with E-state index in [9.17, 15) is 8.42 Å². The van der Waals surface area contributed by atoms with Crippen LogP contribution in [0.1, 0.15) is 12.8 Å². The van der Waals surface area contributed by atoms with Crippen LogP contribution in [0.5, 0.6) is 0 Å². The molecule has 1 aliphatic rings. The van der Waals surface area contributed by atoms with Crippen LogP contribution in [0, 0.1) is 0 Å². The second-order valence-electron chi connectivity index (χ2n) is 3.26. The van der Waals surface area contributed by atoms with Crippen molar-refractivity contribution in [2.24, 2.45) is 5.73 Å². The maximum atomic E-state index is 11.4. The predicted molar refractivity (Wildman–Crippen MR) is 64.1 cm³/mol. The fraction of sp³-hybridized carbons (Fsp3) is 0.857. The molecule has 0 spiro atoms. The van der Waals surface area contributed by atoms with Gasteiger partial charge in [-0.25, -0.2) is 13.1 Å². The van der Waals surface area contributed by atoms with E-state index < -0.39 is 10.0 Å². The minimum atomic E-state index is -3.31. The molecule has 4 nitrogen and oxygen atoms in total.